The van der Waals surface area contributed by atoms with Gasteiger partial charge in [0.1, 0.15) is 0 Å². The number of nitrogens with zero attached hydrogens (tertiary/aromatic N) is 2. The molecule has 20 heavy (non-hydrogen) atoms. The second-order valence-corrected chi connectivity index (χ2v) is 4.28. The summed E-state index contributed by atoms with van der Waals surface area (Å²) >= 11 is 0. The zero-order chi connectivity index (χ0) is 15.2. The number of aromatic nitrogens is 2. The van der Waals surface area contributed by atoms with Crippen molar-refractivity contribution in [1.29, 1.82) is 0 Å². The first-order chi connectivity index (χ1) is 9.36. The minimum atomic E-state index is -4.62. The smallest absolute Gasteiger partial charge is 0.356 e. The average molecular weight is 292 g/mol. The Morgan fingerprint density at radius 1 is 1.35 bits per heavy atom. The van der Waals surface area contributed by atoms with Crippen LogP contribution in [0.15, 0.2) is 10.9 Å². The number of aromatic amines is 1. The maximum atomic E-state index is 12.5. The summed E-state index contributed by atoms with van der Waals surface area (Å²) in [5, 5.41) is 2.71. The topological polar surface area (TPSA) is 61.0 Å². The van der Waals surface area contributed by atoms with Gasteiger partial charge >= 0.3 is 6.18 Å². The van der Waals surface area contributed by atoms with E-state index in [4.69, 9.17) is 0 Å². The van der Waals surface area contributed by atoms with Gasteiger partial charge in [0.05, 0.1) is 0 Å². The van der Waals surface area contributed by atoms with E-state index < -0.39 is 17.4 Å². The highest BCUT2D eigenvalue weighted by molar-refractivity contribution is 5.25. The van der Waals surface area contributed by atoms with Crippen molar-refractivity contribution in [3.63, 3.8) is 0 Å². The van der Waals surface area contributed by atoms with Crippen LogP contribution in [0.3, 0.4) is 0 Å². The van der Waals surface area contributed by atoms with Crippen LogP contribution >= 0.6 is 0 Å². The lowest BCUT2D eigenvalue weighted by atomic mass is 10.3. The molecule has 1 rings (SSSR count). The molecular formula is C12H19F3N4O. The molecular weight excluding hydrogens is 273 g/mol. The van der Waals surface area contributed by atoms with Crippen LogP contribution in [0.1, 0.15) is 26.0 Å². The molecule has 2 N–H and O–H groups in total. The lowest BCUT2D eigenvalue weighted by Crippen LogP contribution is -2.26. The molecule has 5 nitrogen and oxygen atoms in total. The van der Waals surface area contributed by atoms with Crippen LogP contribution in [-0.2, 0) is 6.18 Å². The van der Waals surface area contributed by atoms with Crippen LogP contribution < -0.4 is 10.9 Å². The van der Waals surface area contributed by atoms with E-state index in [2.05, 4.69) is 20.2 Å². The lowest BCUT2D eigenvalue weighted by Gasteiger charge is -2.17. The highest BCUT2D eigenvalue weighted by Crippen LogP contribution is 2.26. The molecule has 0 fully saturated rings. The van der Waals surface area contributed by atoms with Crippen LogP contribution in [0, 0.1) is 0 Å². The minimum Gasteiger partial charge on any atom is -0.356 e. The maximum absolute atomic E-state index is 12.5. The third kappa shape index (κ3) is 5.20. The van der Waals surface area contributed by atoms with Gasteiger partial charge in [-0.1, -0.05) is 13.8 Å². The molecule has 0 aliphatic heterocycles. The molecule has 0 unspecified atom stereocenters. The predicted molar refractivity (Wildman–Crippen MR) is 70.8 cm³/mol. The van der Waals surface area contributed by atoms with Crippen LogP contribution in [0.4, 0.5) is 19.1 Å². The molecule has 0 spiro atoms. The van der Waals surface area contributed by atoms with Gasteiger partial charge in [0.15, 0.2) is 5.69 Å². The zero-order valence-corrected chi connectivity index (χ0v) is 11.5. The third-order valence-corrected chi connectivity index (χ3v) is 2.87. The number of H-pyrrole nitrogens is 1. The summed E-state index contributed by atoms with van der Waals surface area (Å²) in [5.41, 5.74) is -2.01. The fourth-order valence-electron chi connectivity index (χ4n) is 1.74. The van der Waals surface area contributed by atoms with Gasteiger partial charge in [0.25, 0.3) is 5.56 Å². The van der Waals surface area contributed by atoms with Crippen molar-refractivity contribution in [3.05, 3.63) is 22.1 Å². The highest BCUT2D eigenvalue weighted by Gasteiger charge is 2.33. The Kier molecular flexibility index (Phi) is 6.00. The first kappa shape index (κ1) is 16.5. The molecule has 0 aliphatic rings. The Labute approximate surface area is 115 Å². The maximum Gasteiger partial charge on any atom is 0.433 e. The Balaban J connectivity index is 2.56. The molecule has 0 amide bonds. The normalized spacial score (nSPS) is 11.9. The molecule has 8 heteroatoms. The van der Waals surface area contributed by atoms with Crippen molar-refractivity contribution in [1.82, 2.24) is 14.9 Å². The van der Waals surface area contributed by atoms with E-state index in [1.807, 2.05) is 13.8 Å². The predicted octanol–water partition coefficient (Wildman–Crippen LogP) is 1.93. The largest absolute Gasteiger partial charge is 0.433 e. The SMILES string of the molecule is CCN(CC)CCCNc1nc(C(F)(F)F)cc(=O)[nH]1. The van der Waals surface area contributed by atoms with E-state index in [1.54, 1.807) is 0 Å². The van der Waals surface area contributed by atoms with Gasteiger partial charge in [-0.3, -0.25) is 9.78 Å². The van der Waals surface area contributed by atoms with E-state index in [9.17, 15) is 18.0 Å². The number of rotatable bonds is 7. The van der Waals surface area contributed by atoms with Crippen molar-refractivity contribution >= 4 is 5.95 Å². The van der Waals surface area contributed by atoms with E-state index in [-0.39, 0.29) is 5.95 Å². The summed E-state index contributed by atoms with van der Waals surface area (Å²) in [6.07, 6.45) is -3.87. The number of halogens is 3. The fourth-order valence-corrected chi connectivity index (χ4v) is 1.74. The van der Waals surface area contributed by atoms with Crippen molar-refractivity contribution < 1.29 is 13.2 Å². The van der Waals surface area contributed by atoms with E-state index in [1.165, 1.54) is 0 Å². The monoisotopic (exact) mass is 292 g/mol. The number of anilines is 1. The molecule has 0 aliphatic carbocycles. The molecule has 114 valence electrons. The molecule has 1 aromatic heterocycles. The summed E-state index contributed by atoms with van der Waals surface area (Å²) in [6.45, 7) is 7.22. The van der Waals surface area contributed by atoms with Gasteiger partial charge in [-0.2, -0.15) is 13.2 Å². The molecule has 0 bridgehead atoms. The average Bonchev–Trinajstić information content (AvgIpc) is 2.37. The standard InChI is InChI=1S/C12H19F3N4O/c1-3-19(4-2)7-5-6-16-11-17-9(12(13,14)15)8-10(20)18-11/h8H,3-7H2,1-2H3,(H2,16,17,18,20). The van der Waals surface area contributed by atoms with Crippen LogP contribution in [-0.4, -0.2) is 41.0 Å². The van der Waals surface area contributed by atoms with Crippen molar-refractivity contribution in [3.8, 4) is 0 Å². The molecule has 0 saturated heterocycles. The summed E-state index contributed by atoms with van der Waals surface area (Å²) < 4.78 is 37.5. The molecule has 1 heterocycles. The van der Waals surface area contributed by atoms with E-state index in [0.717, 1.165) is 26.1 Å². The Hall–Kier alpha value is -1.57. The van der Waals surface area contributed by atoms with Gasteiger partial charge in [-0.15, -0.1) is 0 Å². The number of hydrogen-bond acceptors (Lipinski definition) is 4. The second-order valence-electron chi connectivity index (χ2n) is 4.28. The van der Waals surface area contributed by atoms with Crippen LogP contribution in [0.2, 0.25) is 0 Å². The highest BCUT2D eigenvalue weighted by atomic mass is 19.4. The van der Waals surface area contributed by atoms with Crippen molar-refractivity contribution in [2.45, 2.75) is 26.4 Å². The van der Waals surface area contributed by atoms with Gasteiger partial charge in [-0.05, 0) is 26.1 Å². The molecule has 1 aromatic rings. The van der Waals surface area contributed by atoms with E-state index in [0.29, 0.717) is 12.6 Å². The number of nitrogens with one attached hydrogen (secondary N) is 2. The Morgan fingerprint density at radius 2 is 2.00 bits per heavy atom. The lowest BCUT2D eigenvalue weighted by molar-refractivity contribution is -0.141. The molecule has 0 atom stereocenters. The fraction of sp³-hybridized carbons (Fsp3) is 0.667. The van der Waals surface area contributed by atoms with Crippen LogP contribution in [0.25, 0.3) is 0 Å². The quantitative estimate of drug-likeness (QED) is 0.754. The van der Waals surface area contributed by atoms with Gasteiger partial charge in [0.2, 0.25) is 5.95 Å². The van der Waals surface area contributed by atoms with Gasteiger partial charge in [0, 0.05) is 12.6 Å². The first-order valence-electron chi connectivity index (χ1n) is 6.51. The van der Waals surface area contributed by atoms with Crippen LogP contribution in [0.5, 0.6) is 0 Å². The van der Waals surface area contributed by atoms with Crippen molar-refractivity contribution in [2.75, 3.05) is 31.5 Å². The summed E-state index contributed by atoms with van der Waals surface area (Å²) in [6, 6.07) is 0.446. The number of hydrogen-bond donors (Lipinski definition) is 2. The first-order valence-corrected chi connectivity index (χ1v) is 6.51. The van der Waals surface area contributed by atoms with Gasteiger partial charge < -0.3 is 10.2 Å². The molecule has 0 aromatic carbocycles. The third-order valence-electron chi connectivity index (χ3n) is 2.87. The second kappa shape index (κ2) is 7.28. The van der Waals surface area contributed by atoms with E-state index >= 15 is 0 Å². The minimum absolute atomic E-state index is 0.149. The number of alkyl halides is 3. The van der Waals surface area contributed by atoms with Crippen molar-refractivity contribution in [2.24, 2.45) is 0 Å². The Morgan fingerprint density at radius 3 is 2.55 bits per heavy atom. The molecule has 0 radical (unpaired) electrons. The molecule has 0 saturated carbocycles. The Bertz CT molecular complexity index is 469. The van der Waals surface area contributed by atoms with Gasteiger partial charge in [-0.25, -0.2) is 4.98 Å². The summed E-state index contributed by atoms with van der Waals surface area (Å²) in [4.78, 5) is 18.9. The summed E-state index contributed by atoms with van der Waals surface area (Å²) in [7, 11) is 0. The zero-order valence-electron chi connectivity index (χ0n) is 11.5. The summed E-state index contributed by atoms with van der Waals surface area (Å²) in [5.74, 6) is -0.149.